The summed E-state index contributed by atoms with van der Waals surface area (Å²) in [5.41, 5.74) is -3.93. The van der Waals surface area contributed by atoms with E-state index in [4.69, 9.17) is 11.6 Å². The molecule has 0 bridgehead atoms. The molecule has 0 aliphatic heterocycles. The lowest BCUT2D eigenvalue weighted by Crippen LogP contribution is -2.16. The minimum atomic E-state index is -4.86. The van der Waals surface area contributed by atoms with Crippen molar-refractivity contribution < 1.29 is 18.1 Å². The number of H-pyrrole nitrogens is 1. The summed E-state index contributed by atoms with van der Waals surface area (Å²) in [4.78, 5) is 21.3. The third kappa shape index (κ3) is 2.27. The summed E-state index contributed by atoms with van der Waals surface area (Å²) in [6.45, 7) is 0. The van der Waals surface area contributed by atoms with Gasteiger partial charge in [0.05, 0.1) is 10.5 Å². The van der Waals surface area contributed by atoms with Crippen molar-refractivity contribution in [3.63, 3.8) is 0 Å². The number of pyridine rings is 1. The van der Waals surface area contributed by atoms with Gasteiger partial charge in [-0.15, -0.1) is 0 Å². The summed E-state index contributed by atoms with van der Waals surface area (Å²) in [6, 6.07) is 0.0984. The highest BCUT2D eigenvalue weighted by Gasteiger charge is 2.36. The van der Waals surface area contributed by atoms with E-state index in [1.54, 1.807) is 4.98 Å². The summed E-state index contributed by atoms with van der Waals surface area (Å²) in [6.07, 6.45) is -4.86. The molecule has 1 heterocycles. The van der Waals surface area contributed by atoms with Crippen LogP contribution >= 0.6 is 11.6 Å². The average Bonchev–Trinajstić information content (AvgIpc) is 2.00. The van der Waals surface area contributed by atoms with Gasteiger partial charge >= 0.3 is 17.4 Å². The van der Waals surface area contributed by atoms with Gasteiger partial charge in [0.2, 0.25) is 0 Å². The zero-order chi connectivity index (χ0) is 11.8. The standard InChI is InChI=1S/C6H2ClF3N2O3/c7-4-2(6(8,9)10)1-3(12(14)15)5(13)11-4/h1H,(H,11,13). The van der Waals surface area contributed by atoms with Gasteiger partial charge in [-0.3, -0.25) is 14.9 Å². The summed E-state index contributed by atoms with van der Waals surface area (Å²) in [5, 5.41) is 9.21. The molecule has 1 aromatic rings. The van der Waals surface area contributed by atoms with Crippen LogP contribution in [0.1, 0.15) is 5.56 Å². The molecule has 9 heteroatoms. The zero-order valence-corrected chi connectivity index (χ0v) is 7.52. The number of hydrogen-bond acceptors (Lipinski definition) is 3. The summed E-state index contributed by atoms with van der Waals surface area (Å²) in [7, 11) is 0. The monoisotopic (exact) mass is 242 g/mol. The lowest BCUT2D eigenvalue weighted by Gasteiger charge is -2.07. The van der Waals surface area contributed by atoms with Crippen LogP contribution in [-0.2, 0) is 6.18 Å². The maximum Gasteiger partial charge on any atom is 0.419 e. The second kappa shape index (κ2) is 3.54. The Hall–Kier alpha value is -1.57. The van der Waals surface area contributed by atoms with Crippen LogP contribution in [0.3, 0.4) is 0 Å². The first kappa shape index (κ1) is 11.5. The van der Waals surface area contributed by atoms with Crippen LogP contribution in [-0.4, -0.2) is 9.91 Å². The van der Waals surface area contributed by atoms with Crippen LogP contribution in [0.2, 0.25) is 5.15 Å². The molecular weight excluding hydrogens is 241 g/mol. The van der Waals surface area contributed by atoms with Gasteiger partial charge in [-0.05, 0) is 0 Å². The molecule has 0 aliphatic rings. The van der Waals surface area contributed by atoms with E-state index in [0.29, 0.717) is 0 Å². The number of nitrogens with one attached hydrogen (secondary N) is 1. The van der Waals surface area contributed by atoms with E-state index in [9.17, 15) is 28.1 Å². The molecule has 15 heavy (non-hydrogen) atoms. The maximum atomic E-state index is 12.2. The Labute approximate surface area is 84.6 Å². The molecule has 1 aromatic heterocycles. The van der Waals surface area contributed by atoms with Crippen molar-refractivity contribution in [2.45, 2.75) is 6.18 Å². The zero-order valence-electron chi connectivity index (χ0n) is 6.76. The summed E-state index contributed by atoms with van der Waals surface area (Å²) < 4.78 is 36.6. The predicted octanol–water partition coefficient (Wildman–Crippen LogP) is 1.96. The van der Waals surface area contributed by atoms with Crippen molar-refractivity contribution in [1.82, 2.24) is 4.98 Å². The van der Waals surface area contributed by atoms with Crippen molar-refractivity contribution in [2.24, 2.45) is 0 Å². The van der Waals surface area contributed by atoms with Crippen molar-refractivity contribution in [1.29, 1.82) is 0 Å². The number of halogens is 4. The Morgan fingerprint density at radius 2 is 2.00 bits per heavy atom. The average molecular weight is 243 g/mol. The lowest BCUT2D eigenvalue weighted by atomic mass is 10.2. The van der Waals surface area contributed by atoms with Gasteiger partial charge < -0.3 is 4.98 Å². The normalized spacial score (nSPS) is 11.5. The molecular formula is C6H2ClF3N2O3. The molecule has 0 unspecified atom stereocenters. The largest absolute Gasteiger partial charge is 0.419 e. The molecule has 0 aromatic carbocycles. The number of alkyl halides is 3. The smallest absolute Gasteiger partial charge is 0.307 e. The molecule has 82 valence electrons. The van der Waals surface area contributed by atoms with E-state index < -0.39 is 33.1 Å². The minimum Gasteiger partial charge on any atom is -0.307 e. The molecule has 0 atom stereocenters. The van der Waals surface area contributed by atoms with Gasteiger partial charge in [0.25, 0.3) is 0 Å². The van der Waals surface area contributed by atoms with E-state index in [2.05, 4.69) is 0 Å². The number of nitrogens with zero attached hydrogens (tertiary/aromatic N) is 1. The van der Waals surface area contributed by atoms with Crippen molar-refractivity contribution in [2.75, 3.05) is 0 Å². The second-order valence-electron chi connectivity index (χ2n) is 2.47. The number of rotatable bonds is 1. The maximum absolute atomic E-state index is 12.2. The quantitative estimate of drug-likeness (QED) is 0.465. The van der Waals surface area contributed by atoms with Crippen LogP contribution in [0.15, 0.2) is 10.9 Å². The van der Waals surface area contributed by atoms with Crippen LogP contribution in [0.5, 0.6) is 0 Å². The van der Waals surface area contributed by atoms with Crippen LogP contribution in [0.25, 0.3) is 0 Å². The van der Waals surface area contributed by atoms with Crippen LogP contribution in [0, 0.1) is 10.1 Å². The topological polar surface area (TPSA) is 76.0 Å². The fraction of sp³-hybridized carbons (Fsp3) is 0.167. The molecule has 0 radical (unpaired) electrons. The first-order valence-electron chi connectivity index (χ1n) is 3.38. The van der Waals surface area contributed by atoms with E-state index in [1.165, 1.54) is 0 Å². The Morgan fingerprint density at radius 1 is 1.47 bits per heavy atom. The third-order valence-corrected chi connectivity index (χ3v) is 1.77. The number of aromatic amines is 1. The van der Waals surface area contributed by atoms with Crippen LogP contribution < -0.4 is 5.56 Å². The molecule has 0 saturated heterocycles. The Morgan fingerprint density at radius 3 is 2.40 bits per heavy atom. The van der Waals surface area contributed by atoms with Gasteiger partial charge in [-0.2, -0.15) is 13.2 Å². The number of hydrogen-bond donors (Lipinski definition) is 1. The van der Waals surface area contributed by atoms with Gasteiger partial charge in [0, 0.05) is 6.07 Å². The first-order chi connectivity index (χ1) is 6.73. The van der Waals surface area contributed by atoms with Gasteiger partial charge in [0.15, 0.2) is 0 Å². The highest BCUT2D eigenvalue weighted by atomic mass is 35.5. The van der Waals surface area contributed by atoms with E-state index in [1.807, 2.05) is 0 Å². The van der Waals surface area contributed by atoms with Gasteiger partial charge in [0.1, 0.15) is 5.15 Å². The van der Waals surface area contributed by atoms with Crippen molar-refractivity contribution >= 4 is 17.3 Å². The fourth-order valence-corrected chi connectivity index (χ4v) is 1.09. The number of nitro groups is 1. The van der Waals surface area contributed by atoms with Gasteiger partial charge in [-0.1, -0.05) is 11.6 Å². The summed E-state index contributed by atoms with van der Waals surface area (Å²) >= 11 is 5.09. The Kier molecular flexibility index (Phi) is 2.71. The SMILES string of the molecule is O=c1[nH]c(Cl)c(C(F)(F)F)cc1[N+](=O)[O-]. The first-order valence-corrected chi connectivity index (χ1v) is 3.75. The molecule has 0 spiro atoms. The second-order valence-corrected chi connectivity index (χ2v) is 2.84. The fourth-order valence-electron chi connectivity index (χ4n) is 0.839. The Bertz CT molecular complexity index is 468. The van der Waals surface area contributed by atoms with Crippen molar-refractivity contribution in [3.8, 4) is 0 Å². The van der Waals surface area contributed by atoms with Crippen molar-refractivity contribution in [3.05, 3.63) is 37.3 Å². The van der Waals surface area contributed by atoms with E-state index >= 15 is 0 Å². The lowest BCUT2D eigenvalue weighted by molar-refractivity contribution is -0.386. The highest BCUT2D eigenvalue weighted by molar-refractivity contribution is 6.30. The Balaban J connectivity index is 3.50. The molecule has 0 fully saturated rings. The highest BCUT2D eigenvalue weighted by Crippen LogP contribution is 2.34. The molecule has 0 amide bonds. The molecule has 1 N–H and O–H groups in total. The van der Waals surface area contributed by atoms with E-state index in [0.717, 1.165) is 0 Å². The van der Waals surface area contributed by atoms with E-state index in [-0.39, 0.29) is 6.07 Å². The third-order valence-electron chi connectivity index (χ3n) is 1.48. The molecule has 0 saturated carbocycles. The van der Waals surface area contributed by atoms with Crippen LogP contribution in [0.4, 0.5) is 18.9 Å². The minimum absolute atomic E-state index is 0.0984. The number of aromatic nitrogens is 1. The summed E-state index contributed by atoms with van der Waals surface area (Å²) in [5.74, 6) is 0. The predicted molar refractivity (Wildman–Crippen MR) is 43.7 cm³/mol. The van der Waals surface area contributed by atoms with Gasteiger partial charge in [-0.25, -0.2) is 0 Å². The molecule has 0 aliphatic carbocycles. The molecule has 1 rings (SSSR count). The molecule has 5 nitrogen and oxygen atoms in total.